The second-order valence-electron chi connectivity index (χ2n) is 2.70. The molecule has 1 N–H and O–H groups in total. The Kier molecular flexibility index (Phi) is 2.02. The Bertz CT molecular complexity index is 479. The highest BCUT2D eigenvalue weighted by molar-refractivity contribution is 5.97. The molecule has 0 aliphatic heterocycles. The van der Waals surface area contributed by atoms with Crippen molar-refractivity contribution in [3.63, 3.8) is 0 Å². The minimum absolute atomic E-state index is 0.164. The van der Waals surface area contributed by atoms with Crippen LogP contribution in [0.3, 0.4) is 0 Å². The standard InChI is InChI=1S/C8H7N5O/c1-5(14)12-7-3-11-13-8-6(7)2-9-4-10-8/h2-4H,1H3,(H,9,10,12,13,14). The van der Waals surface area contributed by atoms with Crippen molar-refractivity contribution in [1.29, 1.82) is 0 Å². The predicted molar refractivity (Wildman–Crippen MR) is 49.4 cm³/mol. The maximum atomic E-state index is 10.9. The van der Waals surface area contributed by atoms with Crippen LogP contribution in [-0.4, -0.2) is 26.1 Å². The summed E-state index contributed by atoms with van der Waals surface area (Å²) in [4.78, 5) is 18.6. The van der Waals surface area contributed by atoms with Gasteiger partial charge in [-0.15, -0.1) is 5.10 Å². The summed E-state index contributed by atoms with van der Waals surface area (Å²) < 4.78 is 0. The maximum Gasteiger partial charge on any atom is 0.221 e. The molecule has 2 aromatic rings. The summed E-state index contributed by atoms with van der Waals surface area (Å²) in [7, 11) is 0. The number of amides is 1. The minimum Gasteiger partial charge on any atom is -0.324 e. The van der Waals surface area contributed by atoms with Gasteiger partial charge in [0.2, 0.25) is 5.91 Å². The number of anilines is 1. The van der Waals surface area contributed by atoms with E-state index in [2.05, 4.69) is 25.5 Å². The summed E-state index contributed by atoms with van der Waals surface area (Å²) in [5.41, 5.74) is 1.04. The van der Waals surface area contributed by atoms with E-state index in [1.165, 1.54) is 19.4 Å². The van der Waals surface area contributed by atoms with Crippen LogP contribution in [0.15, 0.2) is 18.7 Å². The number of rotatable bonds is 1. The van der Waals surface area contributed by atoms with Crippen molar-refractivity contribution in [3.05, 3.63) is 18.7 Å². The molecule has 2 rings (SSSR count). The van der Waals surface area contributed by atoms with Crippen LogP contribution in [0.1, 0.15) is 6.92 Å². The fraction of sp³-hybridized carbons (Fsp3) is 0.125. The lowest BCUT2D eigenvalue weighted by molar-refractivity contribution is -0.114. The van der Waals surface area contributed by atoms with E-state index in [0.717, 1.165) is 0 Å². The van der Waals surface area contributed by atoms with E-state index in [1.54, 1.807) is 6.20 Å². The Labute approximate surface area is 79.4 Å². The van der Waals surface area contributed by atoms with Gasteiger partial charge in [-0.2, -0.15) is 5.10 Å². The first-order valence-electron chi connectivity index (χ1n) is 3.96. The van der Waals surface area contributed by atoms with Crippen molar-refractivity contribution >= 4 is 22.6 Å². The number of carbonyl (C=O) groups excluding carboxylic acids is 1. The van der Waals surface area contributed by atoms with Crippen molar-refractivity contribution in [2.75, 3.05) is 5.32 Å². The molecular weight excluding hydrogens is 182 g/mol. The van der Waals surface area contributed by atoms with Crippen LogP contribution in [-0.2, 0) is 4.79 Å². The van der Waals surface area contributed by atoms with Crippen LogP contribution in [0, 0.1) is 0 Å². The van der Waals surface area contributed by atoms with E-state index >= 15 is 0 Å². The fourth-order valence-electron chi connectivity index (χ4n) is 1.09. The van der Waals surface area contributed by atoms with Gasteiger partial charge in [-0.25, -0.2) is 9.97 Å². The Morgan fingerprint density at radius 2 is 2.29 bits per heavy atom. The average Bonchev–Trinajstić information content (AvgIpc) is 2.18. The minimum atomic E-state index is -0.164. The molecule has 6 heteroatoms. The molecule has 0 spiro atoms. The number of nitrogens with zero attached hydrogens (tertiary/aromatic N) is 4. The van der Waals surface area contributed by atoms with Gasteiger partial charge in [0.05, 0.1) is 17.3 Å². The molecule has 0 fully saturated rings. The van der Waals surface area contributed by atoms with Gasteiger partial charge in [0.15, 0.2) is 5.65 Å². The molecule has 2 heterocycles. The van der Waals surface area contributed by atoms with Gasteiger partial charge in [-0.3, -0.25) is 4.79 Å². The molecule has 0 saturated heterocycles. The lowest BCUT2D eigenvalue weighted by Gasteiger charge is -2.02. The van der Waals surface area contributed by atoms with Gasteiger partial charge < -0.3 is 5.32 Å². The second kappa shape index (κ2) is 3.33. The lowest BCUT2D eigenvalue weighted by Crippen LogP contribution is -2.07. The van der Waals surface area contributed by atoms with E-state index in [4.69, 9.17) is 0 Å². The van der Waals surface area contributed by atoms with Gasteiger partial charge in [0, 0.05) is 13.1 Å². The summed E-state index contributed by atoms with van der Waals surface area (Å²) in [5.74, 6) is -0.164. The molecule has 0 saturated carbocycles. The van der Waals surface area contributed by atoms with Crippen LogP contribution in [0.25, 0.3) is 11.0 Å². The highest BCUT2D eigenvalue weighted by atomic mass is 16.1. The number of nitrogens with one attached hydrogen (secondary N) is 1. The summed E-state index contributed by atoms with van der Waals surface area (Å²) >= 11 is 0. The van der Waals surface area contributed by atoms with Gasteiger partial charge in [0.1, 0.15) is 6.33 Å². The third-order valence-corrected chi connectivity index (χ3v) is 1.63. The number of aromatic nitrogens is 4. The van der Waals surface area contributed by atoms with E-state index in [1.807, 2.05) is 0 Å². The van der Waals surface area contributed by atoms with Crippen molar-refractivity contribution in [1.82, 2.24) is 20.2 Å². The molecule has 0 bridgehead atoms. The molecule has 70 valence electrons. The molecule has 1 amide bonds. The van der Waals surface area contributed by atoms with Gasteiger partial charge in [0.25, 0.3) is 0 Å². The first-order chi connectivity index (χ1) is 6.77. The highest BCUT2D eigenvalue weighted by Gasteiger charge is 2.04. The first kappa shape index (κ1) is 8.49. The monoisotopic (exact) mass is 189 g/mol. The largest absolute Gasteiger partial charge is 0.324 e. The lowest BCUT2D eigenvalue weighted by atomic mass is 10.3. The van der Waals surface area contributed by atoms with Crippen LogP contribution >= 0.6 is 0 Å². The summed E-state index contributed by atoms with van der Waals surface area (Å²) in [6, 6.07) is 0. The molecule has 0 atom stereocenters. The zero-order chi connectivity index (χ0) is 9.97. The van der Waals surface area contributed by atoms with E-state index in [0.29, 0.717) is 16.7 Å². The molecule has 0 aliphatic carbocycles. The van der Waals surface area contributed by atoms with Crippen molar-refractivity contribution in [3.8, 4) is 0 Å². The molecule has 0 aliphatic rings. The Morgan fingerprint density at radius 1 is 1.43 bits per heavy atom. The van der Waals surface area contributed by atoms with Crippen molar-refractivity contribution in [2.45, 2.75) is 6.92 Å². The molecular formula is C8H7N5O. The maximum absolute atomic E-state index is 10.9. The third-order valence-electron chi connectivity index (χ3n) is 1.63. The molecule has 6 nitrogen and oxygen atoms in total. The average molecular weight is 189 g/mol. The molecule has 14 heavy (non-hydrogen) atoms. The van der Waals surface area contributed by atoms with E-state index in [9.17, 15) is 4.79 Å². The topological polar surface area (TPSA) is 80.7 Å². The molecule has 0 radical (unpaired) electrons. The normalized spacial score (nSPS) is 10.1. The smallest absolute Gasteiger partial charge is 0.221 e. The molecule has 0 aromatic carbocycles. The summed E-state index contributed by atoms with van der Waals surface area (Å²) in [5, 5.41) is 10.8. The number of hydrogen-bond donors (Lipinski definition) is 1. The van der Waals surface area contributed by atoms with Gasteiger partial charge in [-0.05, 0) is 0 Å². The van der Waals surface area contributed by atoms with Crippen molar-refractivity contribution in [2.24, 2.45) is 0 Å². The molecule has 0 unspecified atom stereocenters. The second-order valence-corrected chi connectivity index (χ2v) is 2.70. The summed E-state index contributed by atoms with van der Waals surface area (Å²) in [6.45, 7) is 1.43. The van der Waals surface area contributed by atoms with E-state index < -0.39 is 0 Å². The number of hydrogen-bond acceptors (Lipinski definition) is 5. The van der Waals surface area contributed by atoms with Crippen LogP contribution in [0.5, 0.6) is 0 Å². The predicted octanol–water partition coefficient (Wildman–Crippen LogP) is 0.378. The van der Waals surface area contributed by atoms with Crippen molar-refractivity contribution < 1.29 is 4.79 Å². The van der Waals surface area contributed by atoms with Crippen LogP contribution in [0.4, 0.5) is 5.69 Å². The fourth-order valence-corrected chi connectivity index (χ4v) is 1.09. The number of fused-ring (bicyclic) bond motifs is 1. The zero-order valence-electron chi connectivity index (χ0n) is 7.43. The Hall–Kier alpha value is -2.11. The van der Waals surface area contributed by atoms with Gasteiger partial charge in [-0.1, -0.05) is 0 Å². The summed E-state index contributed by atoms with van der Waals surface area (Å²) in [6.07, 6.45) is 4.43. The van der Waals surface area contributed by atoms with E-state index in [-0.39, 0.29) is 5.91 Å². The first-order valence-corrected chi connectivity index (χ1v) is 3.96. The Morgan fingerprint density at radius 3 is 3.07 bits per heavy atom. The number of carbonyl (C=O) groups is 1. The van der Waals surface area contributed by atoms with Crippen LogP contribution in [0.2, 0.25) is 0 Å². The van der Waals surface area contributed by atoms with Gasteiger partial charge >= 0.3 is 0 Å². The SMILES string of the molecule is CC(=O)Nc1cnnc2ncncc12. The van der Waals surface area contributed by atoms with Crippen LogP contribution < -0.4 is 5.32 Å². The molecule has 2 aromatic heterocycles. The third kappa shape index (κ3) is 1.49. The highest BCUT2D eigenvalue weighted by Crippen LogP contribution is 2.16. The zero-order valence-corrected chi connectivity index (χ0v) is 7.43. The Balaban J connectivity index is 2.59. The quantitative estimate of drug-likeness (QED) is 0.701.